The molecule has 0 aliphatic rings. The second kappa shape index (κ2) is 12.9. The van der Waals surface area contributed by atoms with E-state index in [1.54, 1.807) is 0 Å². The number of anilines is 2. The minimum atomic E-state index is -0.203. The quantitative estimate of drug-likeness (QED) is 0.218. The molecule has 0 saturated heterocycles. The Morgan fingerprint density at radius 1 is 1.03 bits per heavy atom. The summed E-state index contributed by atoms with van der Waals surface area (Å²) >= 11 is 2.60. The first-order valence-corrected chi connectivity index (χ1v) is 14.2. The van der Waals surface area contributed by atoms with Crippen LogP contribution in [-0.4, -0.2) is 28.2 Å². The number of aryl methyl sites for hydroxylation is 1. The number of aromatic nitrogens is 2. The van der Waals surface area contributed by atoms with Gasteiger partial charge in [-0.3, -0.25) is 4.79 Å². The van der Waals surface area contributed by atoms with Crippen molar-refractivity contribution in [3.05, 3.63) is 70.6 Å². The average molecular weight is 555 g/mol. The van der Waals surface area contributed by atoms with E-state index in [1.165, 1.54) is 23.1 Å². The van der Waals surface area contributed by atoms with Gasteiger partial charge in [0.05, 0.1) is 17.9 Å². The molecule has 2 heterocycles. The number of nitrogen functional groups attached to an aromatic ring is 1. The first kappa shape index (κ1) is 27.6. The molecule has 4 rings (SSSR count). The van der Waals surface area contributed by atoms with Gasteiger partial charge < -0.3 is 15.8 Å². The Bertz CT molecular complexity index is 1550. The van der Waals surface area contributed by atoms with Crippen molar-refractivity contribution in [3.8, 4) is 40.3 Å². The largest absolute Gasteiger partial charge is 0.494 e. The number of nitrogens with one attached hydrogen (secondary N) is 1. The van der Waals surface area contributed by atoms with Crippen LogP contribution in [0, 0.1) is 22.7 Å². The number of thiazole rings is 1. The molecule has 0 spiro atoms. The summed E-state index contributed by atoms with van der Waals surface area (Å²) in [5.74, 6) is 1.01. The summed E-state index contributed by atoms with van der Waals surface area (Å²) < 4.78 is 5.47. The molecule has 2 aromatic heterocycles. The number of carbonyl (C=O) groups is 1. The van der Waals surface area contributed by atoms with Crippen molar-refractivity contribution in [3.63, 3.8) is 0 Å². The van der Waals surface area contributed by atoms with Gasteiger partial charge in [0.2, 0.25) is 5.91 Å². The Morgan fingerprint density at radius 3 is 2.36 bits per heavy atom. The van der Waals surface area contributed by atoms with Crippen LogP contribution in [0.2, 0.25) is 0 Å². The number of thioether (sulfide) groups is 1. The number of ether oxygens (including phenoxy) is 1. The zero-order valence-corrected chi connectivity index (χ0v) is 23.2. The molecule has 39 heavy (non-hydrogen) atoms. The van der Waals surface area contributed by atoms with Crippen LogP contribution in [0.25, 0.3) is 22.4 Å². The van der Waals surface area contributed by atoms with E-state index in [0.29, 0.717) is 28.1 Å². The fourth-order valence-electron chi connectivity index (χ4n) is 3.87. The molecule has 0 fully saturated rings. The van der Waals surface area contributed by atoms with Gasteiger partial charge in [-0.1, -0.05) is 31.2 Å². The highest BCUT2D eigenvalue weighted by Crippen LogP contribution is 2.36. The topological polar surface area (TPSA) is 138 Å². The summed E-state index contributed by atoms with van der Waals surface area (Å²) in [6.07, 6.45) is 1.05. The fraction of sp³-hybridized carbons (Fsp3) is 0.207. The van der Waals surface area contributed by atoms with Crippen molar-refractivity contribution in [1.82, 2.24) is 9.97 Å². The minimum Gasteiger partial charge on any atom is -0.494 e. The van der Waals surface area contributed by atoms with E-state index in [0.717, 1.165) is 34.6 Å². The lowest BCUT2D eigenvalue weighted by Gasteiger charge is -2.13. The number of benzene rings is 2. The zero-order chi connectivity index (χ0) is 27.8. The molecule has 0 bridgehead atoms. The lowest BCUT2D eigenvalue weighted by Crippen LogP contribution is -2.12. The van der Waals surface area contributed by atoms with Crippen LogP contribution in [-0.2, 0) is 11.2 Å². The van der Waals surface area contributed by atoms with E-state index in [4.69, 9.17) is 10.5 Å². The average Bonchev–Trinajstić information content (AvgIpc) is 3.41. The molecule has 0 aliphatic heterocycles. The van der Waals surface area contributed by atoms with Crippen molar-refractivity contribution < 1.29 is 9.53 Å². The molecule has 0 aliphatic carbocycles. The summed E-state index contributed by atoms with van der Waals surface area (Å²) in [7, 11) is 0. The van der Waals surface area contributed by atoms with Gasteiger partial charge in [-0.25, -0.2) is 9.97 Å². The highest BCUT2D eigenvalue weighted by Gasteiger charge is 2.21. The highest BCUT2D eigenvalue weighted by molar-refractivity contribution is 7.99. The number of hydrogen-bond acceptors (Lipinski definition) is 9. The Kier molecular flexibility index (Phi) is 9.16. The standard InChI is InChI=1S/C29H26N6O2S2/c1-3-18-5-7-20(8-6-18)26-22(15-30)27(32)35-28(23(26)16-31)38-14-13-25(36)34-29-33-24(17-39-29)19-9-11-21(12-10-19)37-4-2/h5-12,17H,3-4,13-14H2,1-2H3,(H2,32,35)(H,33,34,36). The van der Waals surface area contributed by atoms with E-state index >= 15 is 0 Å². The number of amides is 1. The molecule has 0 radical (unpaired) electrons. The first-order chi connectivity index (χ1) is 19.0. The zero-order valence-electron chi connectivity index (χ0n) is 21.5. The number of hydrogen-bond donors (Lipinski definition) is 2. The Labute approximate surface area is 235 Å². The summed E-state index contributed by atoms with van der Waals surface area (Å²) in [5, 5.41) is 25.3. The second-order valence-electron chi connectivity index (χ2n) is 8.34. The number of rotatable bonds is 10. The lowest BCUT2D eigenvalue weighted by atomic mass is 9.96. The summed E-state index contributed by atoms with van der Waals surface area (Å²) in [6.45, 7) is 4.59. The van der Waals surface area contributed by atoms with Crippen molar-refractivity contribution in [2.24, 2.45) is 0 Å². The first-order valence-electron chi connectivity index (χ1n) is 12.3. The summed E-state index contributed by atoms with van der Waals surface area (Å²) in [4.78, 5) is 21.4. The number of pyridine rings is 1. The van der Waals surface area contributed by atoms with Gasteiger partial charge in [-0.2, -0.15) is 10.5 Å². The van der Waals surface area contributed by atoms with Gasteiger partial charge in [0, 0.05) is 28.7 Å². The van der Waals surface area contributed by atoms with Crippen LogP contribution < -0.4 is 15.8 Å². The number of nitrogens with zero attached hydrogens (tertiary/aromatic N) is 4. The Balaban J connectivity index is 1.43. The monoisotopic (exact) mass is 554 g/mol. The predicted molar refractivity (Wildman–Crippen MR) is 156 cm³/mol. The number of nitriles is 2. The Morgan fingerprint density at radius 2 is 1.72 bits per heavy atom. The van der Waals surface area contributed by atoms with E-state index in [2.05, 4.69) is 34.3 Å². The van der Waals surface area contributed by atoms with Crippen LogP contribution in [0.5, 0.6) is 5.75 Å². The number of carbonyl (C=O) groups excluding carboxylic acids is 1. The van der Waals surface area contributed by atoms with Gasteiger partial charge >= 0.3 is 0 Å². The van der Waals surface area contributed by atoms with Crippen LogP contribution in [0.3, 0.4) is 0 Å². The van der Waals surface area contributed by atoms with Crippen LogP contribution in [0.15, 0.2) is 58.9 Å². The maximum atomic E-state index is 12.6. The minimum absolute atomic E-state index is 0.0580. The molecular formula is C29H26N6O2S2. The SMILES string of the molecule is CCOc1ccc(-c2csc(NC(=O)CCSc3nc(N)c(C#N)c(-c4ccc(CC)cc4)c3C#N)n2)cc1. The van der Waals surface area contributed by atoms with Crippen LogP contribution in [0.4, 0.5) is 10.9 Å². The van der Waals surface area contributed by atoms with Crippen molar-refractivity contribution >= 4 is 40.0 Å². The smallest absolute Gasteiger partial charge is 0.226 e. The molecule has 4 aromatic rings. The molecule has 8 nitrogen and oxygen atoms in total. The van der Waals surface area contributed by atoms with Gasteiger partial charge in [0.15, 0.2) is 5.13 Å². The van der Waals surface area contributed by atoms with Crippen molar-refractivity contribution in [1.29, 1.82) is 10.5 Å². The van der Waals surface area contributed by atoms with E-state index in [1.807, 2.05) is 60.8 Å². The molecule has 2 aromatic carbocycles. The van der Waals surface area contributed by atoms with Gasteiger partial charge in [-0.05, 0) is 48.7 Å². The normalized spacial score (nSPS) is 10.5. The number of nitrogens with two attached hydrogens (primary N) is 1. The Hall–Kier alpha value is -4.38. The molecular weight excluding hydrogens is 528 g/mol. The van der Waals surface area contributed by atoms with Gasteiger partial charge in [-0.15, -0.1) is 23.1 Å². The second-order valence-corrected chi connectivity index (χ2v) is 10.3. The van der Waals surface area contributed by atoms with E-state index in [-0.39, 0.29) is 29.3 Å². The van der Waals surface area contributed by atoms with Gasteiger partial charge in [0.1, 0.15) is 34.3 Å². The van der Waals surface area contributed by atoms with Crippen molar-refractivity contribution in [2.75, 3.05) is 23.4 Å². The van der Waals surface area contributed by atoms with Crippen LogP contribution in [0.1, 0.15) is 37.0 Å². The van der Waals surface area contributed by atoms with Crippen LogP contribution >= 0.6 is 23.1 Å². The maximum Gasteiger partial charge on any atom is 0.226 e. The molecule has 0 atom stereocenters. The highest BCUT2D eigenvalue weighted by atomic mass is 32.2. The lowest BCUT2D eigenvalue weighted by molar-refractivity contribution is -0.115. The molecule has 196 valence electrons. The van der Waals surface area contributed by atoms with Crippen molar-refractivity contribution in [2.45, 2.75) is 31.7 Å². The third kappa shape index (κ3) is 6.55. The molecule has 1 amide bonds. The molecule has 10 heteroatoms. The summed E-state index contributed by atoms with van der Waals surface area (Å²) in [5.41, 5.74) is 10.6. The fourth-order valence-corrected chi connectivity index (χ4v) is 5.54. The van der Waals surface area contributed by atoms with E-state index < -0.39 is 0 Å². The van der Waals surface area contributed by atoms with E-state index in [9.17, 15) is 15.3 Å². The predicted octanol–water partition coefficient (Wildman–Crippen LogP) is 6.28. The maximum absolute atomic E-state index is 12.6. The molecule has 0 unspecified atom stereocenters. The molecule has 0 saturated carbocycles. The van der Waals surface area contributed by atoms with Gasteiger partial charge in [0.25, 0.3) is 0 Å². The molecule has 3 N–H and O–H groups in total. The third-order valence-corrected chi connectivity index (χ3v) is 7.58. The third-order valence-electron chi connectivity index (χ3n) is 5.85. The summed E-state index contributed by atoms with van der Waals surface area (Å²) in [6, 6.07) is 19.6.